The summed E-state index contributed by atoms with van der Waals surface area (Å²) in [7, 11) is -2.44. The van der Waals surface area contributed by atoms with Gasteiger partial charge in [0.05, 0.1) is 11.5 Å². The van der Waals surface area contributed by atoms with Gasteiger partial charge in [0.15, 0.2) is 0 Å². The van der Waals surface area contributed by atoms with Crippen molar-refractivity contribution in [3.8, 4) is 22.6 Å². The van der Waals surface area contributed by atoms with Crippen molar-refractivity contribution in [3.63, 3.8) is 0 Å². The number of aromatic nitrogens is 2. The summed E-state index contributed by atoms with van der Waals surface area (Å²) in [4.78, 5) is 13.3. The molecule has 5 aromatic rings. The van der Waals surface area contributed by atoms with Crippen molar-refractivity contribution in [1.82, 2.24) is 8.54 Å². The molecule has 8 heteroatoms. The second kappa shape index (κ2) is 9.14. The number of fused-ring (bicyclic) bond motifs is 1. The summed E-state index contributed by atoms with van der Waals surface area (Å²) in [6.07, 6.45) is 3.06. The number of aliphatic hydroxyl groups excluding tert-OH is 1. The minimum atomic E-state index is -4.02. The molecule has 0 radical (unpaired) electrons. The van der Waals surface area contributed by atoms with Crippen LogP contribution in [0.4, 0.5) is 0 Å². The fourth-order valence-electron chi connectivity index (χ4n) is 4.16. The molecule has 0 atom stereocenters. The highest BCUT2D eigenvalue weighted by atomic mass is 32.2. The van der Waals surface area contributed by atoms with Crippen LogP contribution >= 0.6 is 0 Å². The highest BCUT2D eigenvalue weighted by Crippen LogP contribution is 2.38. The second-order valence-electron chi connectivity index (χ2n) is 8.55. The number of nitrogens with zero attached hydrogens (tertiary/aromatic N) is 2. The molecule has 0 spiro atoms. The average Bonchev–Trinajstić information content (AvgIpc) is 3.34. The van der Waals surface area contributed by atoms with Crippen LogP contribution < -0.4 is 10.3 Å². The van der Waals surface area contributed by atoms with Gasteiger partial charge in [-0.1, -0.05) is 42.0 Å². The molecule has 0 aliphatic heterocycles. The standard InChI is InChI=1S/C28H24N2O5S/c1-19-8-11-22(12-9-19)36(33,34)30-15-14-23-25(17-29(2)28(32)27(23)30)24-16-20(18-31)10-13-26(24)35-21-6-4-3-5-7-21/h3-17,31H,18H2,1-2H3. The molecule has 5 rings (SSSR count). The van der Waals surface area contributed by atoms with Gasteiger partial charge >= 0.3 is 0 Å². The van der Waals surface area contributed by atoms with Gasteiger partial charge in [0.25, 0.3) is 15.6 Å². The molecule has 0 aliphatic carbocycles. The van der Waals surface area contributed by atoms with E-state index < -0.39 is 15.6 Å². The highest BCUT2D eigenvalue weighted by molar-refractivity contribution is 7.90. The van der Waals surface area contributed by atoms with Crippen LogP contribution in [0.25, 0.3) is 22.0 Å². The van der Waals surface area contributed by atoms with Crippen LogP contribution in [0.5, 0.6) is 11.5 Å². The Bertz CT molecular complexity index is 1740. The number of hydrogen-bond acceptors (Lipinski definition) is 5. The van der Waals surface area contributed by atoms with E-state index in [0.717, 1.165) is 9.54 Å². The normalized spacial score (nSPS) is 11.6. The van der Waals surface area contributed by atoms with Crippen LogP contribution in [0.2, 0.25) is 0 Å². The van der Waals surface area contributed by atoms with Crippen molar-refractivity contribution < 1.29 is 18.3 Å². The number of ether oxygens (including phenoxy) is 1. The largest absolute Gasteiger partial charge is 0.457 e. The second-order valence-corrected chi connectivity index (χ2v) is 10.4. The molecule has 36 heavy (non-hydrogen) atoms. The first-order valence-corrected chi connectivity index (χ1v) is 12.7. The van der Waals surface area contributed by atoms with E-state index in [2.05, 4.69) is 0 Å². The molecular weight excluding hydrogens is 476 g/mol. The molecule has 3 aromatic carbocycles. The summed E-state index contributed by atoms with van der Waals surface area (Å²) in [6.45, 7) is 1.69. The zero-order chi connectivity index (χ0) is 25.4. The van der Waals surface area contributed by atoms with Gasteiger partial charge < -0.3 is 14.4 Å². The van der Waals surface area contributed by atoms with E-state index >= 15 is 0 Å². The molecule has 2 aromatic heterocycles. The molecule has 2 heterocycles. The summed E-state index contributed by atoms with van der Waals surface area (Å²) < 4.78 is 35.5. The SMILES string of the molecule is Cc1ccc(S(=O)(=O)n2ccc3c(-c4cc(CO)ccc4Oc4ccccc4)cn(C)c(=O)c32)cc1. The Labute approximate surface area is 208 Å². The zero-order valence-electron chi connectivity index (χ0n) is 19.8. The summed E-state index contributed by atoms with van der Waals surface area (Å²) in [5.74, 6) is 1.13. The fraction of sp³-hybridized carbons (Fsp3) is 0.107. The van der Waals surface area contributed by atoms with Gasteiger partial charge in [-0.25, -0.2) is 12.4 Å². The van der Waals surface area contributed by atoms with Gasteiger partial charge in [0.2, 0.25) is 0 Å². The number of para-hydroxylation sites is 1. The lowest BCUT2D eigenvalue weighted by molar-refractivity contribution is 0.282. The molecule has 0 aliphatic rings. The first-order valence-electron chi connectivity index (χ1n) is 11.3. The van der Waals surface area contributed by atoms with Crippen molar-refractivity contribution >= 4 is 20.9 Å². The van der Waals surface area contributed by atoms with Gasteiger partial charge in [0.1, 0.15) is 17.0 Å². The number of aryl methyl sites for hydroxylation is 2. The molecule has 1 N–H and O–H groups in total. The Kier molecular flexibility index (Phi) is 5.99. The van der Waals surface area contributed by atoms with Crippen molar-refractivity contribution in [2.75, 3.05) is 0 Å². The minimum absolute atomic E-state index is 0.0376. The molecule has 0 saturated carbocycles. The molecule has 182 valence electrons. The lowest BCUT2D eigenvalue weighted by Crippen LogP contribution is -2.22. The number of aliphatic hydroxyl groups is 1. The quantitative estimate of drug-likeness (QED) is 0.360. The molecule has 0 fully saturated rings. The monoisotopic (exact) mass is 500 g/mol. The number of hydrogen-bond donors (Lipinski definition) is 1. The van der Waals surface area contributed by atoms with E-state index in [-0.39, 0.29) is 17.0 Å². The minimum Gasteiger partial charge on any atom is -0.457 e. The van der Waals surface area contributed by atoms with Crippen LogP contribution in [-0.4, -0.2) is 22.1 Å². The maximum Gasteiger partial charge on any atom is 0.275 e. The van der Waals surface area contributed by atoms with Gasteiger partial charge in [-0.3, -0.25) is 4.79 Å². The Hall–Kier alpha value is -4.14. The third-order valence-corrected chi connectivity index (χ3v) is 7.74. The van der Waals surface area contributed by atoms with Crippen molar-refractivity contribution in [2.24, 2.45) is 7.05 Å². The summed E-state index contributed by atoms with van der Waals surface area (Å²) in [5, 5.41) is 10.2. The van der Waals surface area contributed by atoms with Crippen LogP contribution in [0.15, 0.2) is 101 Å². The lowest BCUT2D eigenvalue weighted by Gasteiger charge is -2.15. The number of benzene rings is 3. The molecule has 0 unspecified atom stereocenters. The van der Waals surface area contributed by atoms with E-state index in [1.54, 1.807) is 49.6 Å². The fourth-order valence-corrected chi connectivity index (χ4v) is 5.50. The van der Waals surface area contributed by atoms with Gasteiger partial charge in [-0.15, -0.1) is 0 Å². The maximum atomic E-state index is 13.5. The zero-order valence-corrected chi connectivity index (χ0v) is 20.6. The maximum absolute atomic E-state index is 13.5. The number of rotatable bonds is 6. The van der Waals surface area contributed by atoms with Crippen LogP contribution in [0.1, 0.15) is 11.1 Å². The van der Waals surface area contributed by atoms with Crippen LogP contribution in [-0.2, 0) is 23.7 Å². The van der Waals surface area contributed by atoms with E-state index in [9.17, 15) is 18.3 Å². The van der Waals surface area contributed by atoms with Crippen molar-refractivity contribution in [2.45, 2.75) is 18.4 Å². The van der Waals surface area contributed by atoms with Crippen molar-refractivity contribution in [3.05, 3.63) is 113 Å². The van der Waals surface area contributed by atoms with E-state index in [4.69, 9.17) is 4.74 Å². The van der Waals surface area contributed by atoms with E-state index in [1.807, 2.05) is 37.3 Å². The van der Waals surface area contributed by atoms with E-state index in [1.165, 1.54) is 22.9 Å². The molecule has 7 nitrogen and oxygen atoms in total. The Morgan fingerprint density at radius 2 is 1.64 bits per heavy atom. The summed E-state index contributed by atoms with van der Waals surface area (Å²) >= 11 is 0. The van der Waals surface area contributed by atoms with Crippen LogP contribution in [0, 0.1) is 6.92 Å². The first kappa shape index (κ1) is 23.6. The van der Waals surface area contributed by atoms with Crippen molar-refractivity contribution in [1.29, 1.82) is 0 Å². The van der Waals surface area contributed by atoms with Crippen LogP contribution in [0.3, 0.4) is 0 Å². The van der Waals surface area contributed by atoms with Gasteiger partial charge in [-0.2, -0.15) is 0 Å². The highest BCUT2D eigenvalue weighted by Gasteiger charge is 2.24. The molecular formula is C28H24N2O5S. The summed E-state index contributed by atoms with van der Waals surface area (Å²) in [6, 6.07) is 22.7. The third-order valence-electron chi connectivity index (χ3n) is 6.05. The lowest BCUT2D eigenvalue weighted by atomic mass is 10.0. The van der Waals surface area contributed by atoms with E-state index in [0.29, 0.717) is 33.6 Å². The first-order chi connectivity index (χ1) is 17.3. The summed E-state index contributed by atoms with van der Waals surface area (Å²) in [5.41, 5.74) is 2.40. The molecule has 0 bridgehead atoms. The smallest absolute Gasteiger partial charge is 0.275 e. The molecule has 0 amide bonds. The van der Waals surface area contributed by atoms with Gasteiger partial charge in [0, 0.05) is 36.0 Å². The predicted octanol–water partition coefficient (Wildman–Crippen LogP) is 4.84. The number of pyridine rings is 1. The Balaban J connectivity index is 1.75. The molecule has 0 saturated heterocycles. The predicted molar refractivity (Wildman–Crippen MR) is 139 cm³/mol. The Morgan fingerprint density at radius 1 is 0.917 bits per heavy atom. The third kappa shape index (κ3) is 4.10. The average molecular weight is 501 g/mol. The topological polar surface area (TPSA) is 90.5 Å². The van der Waals surface area contributed by atoms with Gasteiger partial charge in [-0.05, 0) is 55.0 Å². The Morgan fingerprint density at radius 3 is 2.33 bits per heavy atom.